The molecule has 9 nitrogen and oxygen atoms in total. The second-order valence-electron chi connectivity index (χ2n) is 7.88. The number of rotatable bonds is 6. The molecule has 0 bridgehead atoms. The van der Waals surface area contributed by atoms with E-state index in [-0.39, 0.29) is 4.90 Å². The molecular weight excluding hydrogens is 427 g/mol. The van der Waals surface area contributed by atoms with Crippen LogP contribution >= 0.6 is 0 Å². The molecule has 0 saturated heterocycles. The van der Waals surface area contributed by atoms with Gasteiger partial charge in [0.25, 0.3) is 0 Å². The molecule has 3 aromatic rings. The maximum absolute atomic E-state index is 11.6. The van der Waals surface area contributed by atoms with E-state index in [4.69, 9.17) is 5.14 Å². The summed E-state index contributed by atoms with van der Waals surface area (Å²) < 4.78 is 23.2. The molecule has 0 amide bonds. The van der Waals surface area contributed by atoms with E-state index in [0.717, 1.165) is 30.8 Å². The van der Waals surface area contributed by atoms with Gasteiger partial charge in [-0.2, -0.15) is 4.98 Å². The molecule has 0 atom stereocenters. The Morgan fingerprint density at radius 3 is 2.66 bits per heavy atom. The van der Waals surface area contributed by atoms with Crippen LogP contribution in [-0.4, -0.2) is 41.8 Å². The van der Waals surface area contributed by atoms with Crippen molar-refractivity contribution >= 4 is 40.2 Å². The van der Waals surface area contributed by atoms with Crippen LogP contribution in [0.3, 0.4) is 0 Å². The third kappa shape index (κ3) is 5.08. The van der Waals surface area contributed by atoms with Gasteiger partial charge in [-0.05, 0) is 68.2 Å². The van der Waals surface area contributed by atoms with Crippen molar-refractivity contribution < 1.29 is 13.4 Å². The average Bonchev–Trinajstić information content (AvgIpc) is 2.75. The topological polar surface area (TPSA) is 133 Å². The van der Waals surface area contributed by atoms with Crippen LogP contribution in [0, 0.1) is 6.92 Å². The van der Waals surface area contributed by atoms with E-state index in [2.05, 4.69) is 32.7 Å². The molecule has 5 N–H and O–H groups in total. The molecule has 166 valence electrons. The third-order valence-electron chi connectivity index (χ3n) is 5.43. The van der Waals surface area contributed by atoms with Crippen LogP contribution in [-0.2, 0) is 23.0 Å². The van der Waals surface area contributed by atoms with E-state index in [0.29, 0.717) is 17.5 Å². The highest BCUT2D eigenvalue weighted by molar-refractivity contribution is 7.89. The van der Waals surface area contributed by atoms with Gasteiger partial charge in [0.15, 0.2) is 0 Å². The van der Waals surface area contributed by atoms with Gasteiger partial charge in [0.05, 0.1) is 4.90 Å². The molecule has 11 heteroatoms. The predicted octanol–water partition coefficient (Wildman–Crippen LogP) is 2.39. The number of hydrogen-bond acceptors (Lipinski definition) is 8. The van der Waals surface area contributed by atoms with Crippen molar-refractivity contribution in [1.82, 2.24) is 14.8 Å². The normalized spacial score (nSPS) is 14.0. The van der Waals surface area contributed by atoms with Gasteiger partial charge in [-0.15, -0.1) is 0 Å². The van der Waals surface area contributed by atoms with Crippen molar-refractivity contribution in [2.75, 3.05) is 17.2 Å². The summed E-state index contributed by atoms with van der Waals surface area (Å²) >= 11 is 0. The molecule has 0 saturated carbocycles. The molecule has 1 aliphatic heterocycles. The van der Waals surface area contributed by atoms with Crippen LogP contribution in [0.5, 0.6) is 0 Å². The number of anilines is 4. The lowest BCUT2D eigenvalue weighted by molar-refractivity contribution is 0.347. The quantitative estimate of drug-likeness (QED) is 0.419. The van der Waals surface area contributed by atoms with E-state index in [9.17, 15) is 13.4 Å². The average molecular weight is 452 g/mol. The Bertz CT molecular complexity index is 1250. The third-order valence-corrected chi connectivity index (χ3v) is 6.34. The molecule has 4 rings (SSSR count). The van der Waals surface area contributed by atoms with Gasteiger partial charge < -0.3 is 20.5 Å². The molecule has 1 aliphatic rings. The van der Waals surface area contributed by atoms with Gasteiger partial charge in [0.2, 0.25) is 16.0 Å². The Hall–Kier alpha value is -2.99. The predicted molar refractivity (Wildman–Crippen MR) is 126 cm³/mol. The lowest BCUT2D eigenvalue weighted by atomic mass is 9.81. The van der Waals surface area contributed by atoms with Gasteiger partial charge in [-0.3, -0.25) is 0 Å². The highest BCUT2D eigenvalue weighted by Crippen LogP contribution is 2.26. The van der Waals surface area contributed by atoms with Gasteiger partial charge in [-0.1, -0.05) is 12.1 Å². The number of benzene rings is 2. The van der Waals surface area contributed by atoms with Crippen molar-refractivity contribution in [3.8, 4) is 0 Å². The van der Waals surface area contributed by atoms with E-state index < -0.39 is 17.1 Å². The van der Waals surface area contributed by atoms with Crippen molar-refractivity contribution in [2.45, 2.75) is 31.6 Å². The monoisotopic (exact) mass is 452 g/mol. The molecule has 32 heavy (non-hydrogen) atoms. The fourth-order valence-corrected chi connectivity index (χ4v) is 4.18. The number of sulfonamides is 1. The summed E-state index contributed by atoms with van der Waals surface area (Å²) in [5, 5.41) is 21.4. The Labute approximate surface area is 187 Å². The van der Waals surface area contributed by atoms with E-state index in [1.54, 1.807) is 25.2 Å². The second kappa shape index (κ2) is 8.87. The summed E-state index contributed by atoms with van der Waals surface area (Å²) in [5.41, 5.74) is 4.75. The Morgan fingerprint density at radius 2 is 1.91 bits per heavy atom. The number of hydrogen-bond donors (Lipinski definition) is 4. The minimum Gasteiger partial charge on any atom is -0.437 e. The number of nitrogens with one attached hydrogen (secondary N) is 2. The molecule has 0 aliphatic carbocycles. The lowest BCUT2D eigenvalue weighted by Gasteiger charge is -2.29. The Morgan fingerprint density at radius 1 is 1.12 bits per heavy atom. The summed E-state index contributed by atoms with van der Waals surface area (Å²) in [6, 6.07) is 12.4. The first kappa shape index (κ1) is 22.2. The summed E-state index contributed by atoms with van der Waals surface area (Å²) in [4.78, 5) is 10.9. The SMILES string of the molecule is CB(O)N1CCc2cc(Nc3nc(Nc4cccc(S(N)(=O)=O)c4)ncc3C)ccc2C1. The summed E-state index contributed by atoms with van der Waals surface area (Å²) in [6.45, 7) is 5.24. The number of aromatic nitrogens is 2. The first-order valence-corrected chi connectivity index (χ1v) is 11.8. The van der Waals surface area contributed by atoms with Crippen LogP contribution < -0.4 is 15.8 Å². The second-order valence-corrected chi connectivity index (χ2v) is 9.45. The first-order valence-electron chi connectivity index (χ1n) is 10.2. The molecule has 2 aromatic carbocycles. The highest BCUT2D eigenvalue weighted by Gasteiger charge is 2.22. The molecular formula is C21H25BN6O3S. The Kier molecular flexibility index (Phi) is 6.16. The zero-order valence-corrected chi connectivity index (χ0v) is 18.7. The Balaban J connectivity index is 1.53. The van der Waals surface area contributed by atoms with Crippen LogP contribution in [0.4, 0.5) is 23.1 Å². The fraction of sp³-hybridized carbons (Fsp3) is 0.238. The maximum Gasteiger partial charge on any atom is 0.376 e. The highest BCUT2D eigenvalue weighted by atomic mass is 32.2. The van der Waals surface area contributed by atoms with Crippen LogP contribution in [0.25, 0.3) is 0 Å². The van der Waals surface area contributed by atoms with Crippen LogP contribution in [0.15, 0.2) is 53.6 Å². The van der Waals surface area contributed by atoms with Gasteiger partial charge in [-0.25, -0.2) is 18.5 Å². The largest absolute Gasteiger partial charge is 0.437 e. The van der Waals surface area contributed by atoms with E-state index in [1.165, 1.54) is 23.3 Å². The number of nitrogens with two attached hydrogens (primary N) is 1. The molecule has 2 heterocycles. The zero-order valence-electron chi connectivity index (χ0n) is 17.9. The number of aryl methyl sites for hydroxylation is 1. The van der Waals surface area contributed by atoms with E-state index >= 15 is 0 Å². The smallest absolute Gasteiger partial charge is 0.376 e. The lowest BCUT2D eigenvalue weighted by Crippen LogP contribution is -2.40. The van der Waals surface area contributed by atoms with Crippen molar-refractivity contribution in [1.29, 1.82) is 0 Å². The van der Waals surface area contributed by atoms with Gasteiger partial charge in [0, 0.05) is 29.7 Å². The van der Waals surface area contributed by atoms with Gasteiger partial charge >= 0.3 is 7.05 Å². The van der Waals surface area contributed by atoms with Crippen molar-refractivity contribution in [3.05, 3.63) is 65.4 Å². The minimum atomic E-state index is -3.80. The van der Waals surface area contributed by atoms with Crippen LogP contribution in [0.1, 0.15) is 16.7 Å². The number of fused-ring (bicyclic) bond motifs is 1. The standard InChI is InChI=1S/C21H25BN6O3S/c1-14-12-24-21(26-17-4-3-5-19(11-17)32(23,30)31)27-20(14)25-18-7-6-16-13-28(22(2)29)9-8-15(16)10-18/h3-7,10-12,29H,8-9,13H2,1-2H3,(H2,23,30,31)(H2,24,25,26,27). The summed E-state index contributed by atoms with van der Waals surface area (Å²) in [6.07, 6.45) is 2.56. The number of nitrogens with zero attached hydrogens (tertiary/aromatic N) is 3. The first-order chi connectivity index (χ1) is 15.2. The molecule has 0 spiro atoms. The molecule has 1 aromatic heterocycles. The molecule has 0 radical (unpaired) electrons. The van der Waals surface area contributed by atoms with Crippen molar-refractivity contribution in [3.63, 3.8) is 0 Å². The van der Waals surface area contributed by atoms with Crippen LogP contribution in [0.2, 0.25) is 6.82 Å². The molecule has 0 fully saturated rings. The fourth-order valence-electron chi connectivity index (χ4n) is 3.62. The van der Waals surface area contributed by atoms with Crippen molar-refractivity contribution in [2.24, 2.45) is 5.14 Å². The zero-order chi connectivity index (χ0) is 22.9. The van der Waals surface area contributed by atoms with Gasteiger partial charge in [0.1, 0.15) is 5.82 Å². The number of primary sulfonamides is 1. The maximum atomic E-state index is 11.6. The summed E-state index contributed by atoms with van der Waals surface area (Å²) in [7, 11) is -4.26. The minimum absolute atomic E-state index is 0.0103. The summed E-state index contributed by atoms with van der Waals surface area (Å²) in [5.74, 6) is 0.974. The molecule has 0 unspecified atom stereocenters. The van der Waals surface area contributed by atoms with E-state index in [1.807, 2.05) is 17.8 Å².